The zero-order valence-corrected chi connectivity index (χ0v) is 12.8. The number of nitrogens with one attached hydrogen (secondary N) is 1. The Morgan fingerprint density at radius 1 is 1.22 bits per heavy atom. The van der Waals surface area contributed by atoms with E-state index in [1.54, 1.807) is 18.5 Å². The van der Waals surface area contributed by atoms with E-state index in [0.29, 0.717) is 18.0 Å². The fourth-order valence-corrected chi connectivity index (χ4v) is 2.18. The first-order chi connectivity index (χ1) is 11.2. The molecule has 0 saturated carbocycles. The van der Waals surface area contributed by atoms with Crippen LogP contribution >= 0.6 is 0 Å². The van der Waals surface area contributed by atoms with E-state index in [2.05, 4.69) is 15.5 Å². The lowest BCUT2D eigenvalue weighted by molar-refractivity contribution is -0.120. The number of hydrogen-bond donors (Lipinski definition) is 1. The number of hydrogen-bond acceptors (Lipinski definition) is 4. The normalized spacial score (nSPS) is 10.5. The summed E-state index contributed by atoms with van der Waals surface area (Å²) in [7, 11) is 0. The highest BCUT2D eigenvalue weighted by molar-refractivity contribution is 5.78. The Labute approximate surface area is 134 Å². The van der Waals surface area contributed by atoms with E-state index in [-0.39, 0.29) is 12.3 Å². The lowest BCUT2D eigenvalue weighted by Gasteiger charge is -2.02. The zero-order valence-electron chi connectivity index (χ0n) is 12.8. The monoisotopic (exact) mass is 307 g/mol. The summed E-state index contributed by atoms with van der Waals surface area (Å²) in [5.41, 5.74) is 3.71. The maximum absolute atomic E-state index is 12.0. The summed E-state index contributed by atoms with van der Waals surface area (Å²) < 4.78 is 5.31. The third-order valence-electron chi connectivity index (χ3n) is 3.45. The highest BCUT2D eigenvalue weighted by Crippen LogP contribution is 2.20. The summed E-state index contributed by atoms with van der Waals surface area (Å²) >= 11 is 0. The zero-order chi connectivity index (χ0) is 16.1. The van der Waals surface area contributed by atoms with Crippen LogP contribution in [-0.2, 0) is 17.8 Å². The predicted octanol–water partition coefficient (Wildman–Crippen LogP) is 2.90. The molecule has 2 heterocycles. The molecule has 0 bridgehead atoms. The molecule has 116 valence electrons. The molecule has 2 aromatic heterocycles. The summed E-state index contributed by atoms with van der Waals surface area (Å²) in [4.78, 5) is 16.0. The number of benzene rings is 1. The van der Waals surface area contributed by atoms with Crippen molar-refractivity contribution in [3.8, 4) is 11.3 Å². The maximum atomic E-state index is 12.0. The van der Waals surface area contributed by atoms with Gasteiger partial charge in [-0.15, -0.1) is 0 Å². The first-order valence-electron chi connectivity index (χ1n) is 7.39. The Hall–Kier alpha value is -2.95. The molecular formula is C18H17N3O2. The van der Waals surface area contributed by atoms with Crippen LogP contribution in [0.2, 0.25) is 0 Å². The number of nitrogens with zero attached hydrogens (tertiary/aromatic N) is 2. The number of carbonyl (C=O) groups excluding carboxylic acids is 1. The molecule has 3 aromatic rings. The predicted molar refractivity (Wildman–Crippen MR) is 86.5 cm³/mol. The summed E-state index contributed by atoms with van der Waals surface area (Å²) in [6.07, 6.45) is 3.62. The van der Waals surface area contributed by atoms with Crippen LogP contribution in [0.3, 0.4) is 0 Å². The van der Waals surface area contributed by atoms with E-state index in [1.165, 1.54) is 5.56 Å². The van der Waals surface area contributed by atoms with Gasteiger partial charge < -0.3 is 9.84 Å². The molecule has 0 aliphatic heterocycles. The number of pyridine rings is 1. The molecule has 0 spiro atoms. The number of rotatable bonds is 5. The van der Waals surface area contributed by atoms with Crippen LogP contribution in [0.1, 0.15) is 16.8 Å². The van der Waals surface area contributed by atoms with Gasteiger partial charge in [0.15, 0.2) is 5.76 Å². The molecule has 1 N–H and O–H groups in total. The van der Waals surface area contributed by atoms with E-state index in [1.807, 2.05) is 43.3 Å². The third-order valence-corrected chi connectivity index (χ3v) is 3.45. The second-order valence-corrected chi connectivity index (χ2v) is 5.36. The van der Waals surface area contributed by atoms with Gasteiger partial charge in [-0.1, -0.05) is 41.1 Å². The average Bonchev–Trinajstić information content (AvgIpc) is 3.03. The molecule has 1 amide bonds. The number of aromatic nitrogens is 2. The Balaban J connectivity index is 1.58. The number of carbonyl (C=O) groups is 1. The minimum atomic E-state index is -0.0994. The Kier molecular flexibility index (Phi) is 4.47. The molecular weight excluding hydrogens is 290 g/mol. The lowest BCUT2D eigenvalue weighted by Crippen LogP contribution is -2.24. The van der Waals surface area contributed by atoms with Crippen molar-refractivity contribution in [3.63, 3.8) is 0 Å². The Morgan fingerprint density at radius 3 is 2.78 bits per heavy atom. The van der Waals surface area contributed by atoms with Gasteiger partial charge in [-0.3, -0.25) is 9.78 Å². The van der Waals surface area contributed by atoms with Gasteiger partial charge in [0.2, 0.25) is 5.91 Å². The highest BCUT2D eigenvalue weighted by Gasteiger charge is 2.10. The molecule has 0 saturated heterocycles. The van der Waals surface area contributed by atoms with Crippen molar-refractivity contribution in [1.82, 2.24) is 15.5 Å². The molecule has 3 rings (SSSR count). The average molecular weight is 307 g/mol. The van der Waals surface area contributed by atoms with Crippen LogP contribution in [0.15, 0.2) is 59.4 Å². The molecule has 5 nitrogen and oxygen atoms in total. The Morgan fingerprint density at radius 2 is 2.04 bits per heavy atom. The Bertz CT molecular complexity index is 780. The van der Waals surface area contributed by atoms with Crippen LogP contribution in [0.4, 0.5) is 0 Å². The molecule has 5 heteroatoms. The van der Waals surface area contributed by atoms with E-state index in [0.717, 1.165) is 11.1 Å². The molecule has 0 atom stereocenters. The standard InChI is InChI=1S/C18H17N3O2/c1-13-4-6-15(7-5-13)17-9-16(21-23-17)10-18(22)20-12-14-3-2-8-19-11-14/h2-9,11H,10,12H2,1H3,(H,20,22). The van der Waals surface area contributed by atoms with Crippen molar-refractivity contribution >= 4 is 5.91 Å². The van der Waals surface area contributed by atoms with Crippen LogP contribution in [0, 0.1) is 6.92 Å². The summed E-state index contributed by atoms with van der Waals surface area (Å²) in [5, 5.41) is 6.81. The van der Waals surface area contributed by atoms with Crippen LogP contribution < -0.4 is 5.32 Å². The maximum Gasteiger partial charge on any atom is 0.226 e. The van der Waals surface area contributed by atoms with Crippen molar-refractivity contribution in [2.24, 2.45) is 0 Å². The second-order valence-electron chi connectivity index (χ2n) is 5.36. The molecule has 0 fully saturated rings. The largest absolute Gasteiger partial charge is 0.356 e. The molecule has 23 heavy (non-hydrogen) atoms. The van der Waals surface area contributed by atoms with Crippen LogP contribution in [-0.4, -0.2) is 16.0 Å². The first-order valence-corrected chi connectivity index (χ1v) is 7.39. The first kappa shape index (κ1) is 15.0. The van der Waals surface area contributed by atoms with Crippen molar-refractivity contribution in [2.45, 2.75) is 19.9 Å². The quantitative estimate of drug-likeness (QED) is 0.787. The van der Waals surface area contributed by atoms with Crippen LogP contribution in [0.25, 0.3) is 11.3 Å². The molecule has 0 aliphatic carbocycles. The smallest absolute Gasteiger partial charge is 0.226 e. The van der Waals surface area contributed by atoms with E-state index in [9.17, 15) is 4.79 Å². The number of amides is 1. The molecule has 0 aliphatic rings. The van der Waals surface area contributed by atoms with Gasteiger partial charge in [0.25, 0.3) is 0 Å². The van der Waals surface area contributed by atoms with Crippen LogP contribution in [0.5, 0.6) is 0 Å². The van der Waals surface area contributed by atoms with Gasteiger partial charge in [0.05, 0.1) is 12.1 Å². The molecule has 0 unspecified atom stereocenters. The van der Waals surface area contributed by atoms with Gasteiger partial charge in [-0.25, -0.2) is 0 Å². The molecule has 1 aromatic carbocycles. The fourth-order valence-electron chi connectivity index (χ4n) is 2.18. The summed E-state index contributed by atoms with van der Waals surface area (Å²) in [6, 6.07) is 13.5. The van der Waals surface area contributed by atoms with Gasteiger partial charge in [0.1, 0.15) is 0 Å². The second kappa shape index (κ2) is 6.87. The minimum Gasteiger partial charge on any atom is -0.356 e. The lowest BCUT2D eigenvalue weighted by atomic mass is 10.1. The van der Waals surface area contributed by atoms with Gasteiger partial charge in [-0.05, 0) is 18.6 Å². The van der Waals surface area contributed by atoms with Gasteiger partial charge in [0, 0.05) is 30.6 Å². The summed E-state index contributed by atoms with van der Waals surface area (Å²) in [5.74, 6) is 0.567. The SMILES string of the molecule is Cc1ccc(-c2cc(CC(=O)NCc3cccnc3)no2)cc1. The van der Waals surface area contributed by atoms with E-state index >= 15 is 0 Å². The van der Waals surface area contributed by atoms with Gasteiger partial charge in [-0.2, -0.15) is 0 Å². The van der Waals surface area contributed by atoms with E-state index in [4.69, 9.17) is 4.52 Å². The van der Waals surface area contributed by atoms with Gasteiger partial charge >= 0.3 is 0 Å². The number of aryl methyl sites for hydroxylation is 1. The summed E-state index contributed by atoms with van der Waals surface area (Å²) in [6.45, 7) is 2.48. The fraction of sp³-hybridized carbons (Fsp3) is 0.167. The van der Waals surface area contributed by atoms with Crippen molar-refractivity contribution in [2.75, 3.05) is 0 Å². The minimum absolute atomic E-state index is 0.0994. The molecule has 0 radical (unpaired) electrons. The van der Waals surface area contributed by atoms with E-state index < -0.39 is 0 Å². The van der Waals surface area contributed by atoms with Crippen molar-refractivity contribution in [1.29, 1.82) is 0 Å². The topological polar surface area (TPSA) is 68.0 Å². The highest BCUT2D eigenvalue weighted by atomic mass is 16.5. The third kappa shape index (κ3) is 4.03. The van der Waals surface area contributed by atoms with Crippen molar-refractivity contribution in [3.05, 3.63) is 71.7 Å². The van der Waals surface area contributed by atoms with Crippen molar-refractivity contribution < 1.29 is 9.32 Å².